The van der Waals surface area contributed by atoms with Crippen LogP contribution in [0.25, 0.3) is 0 Å². The first-order valence-corrected chi connectivity index (χ1v) is 8.02. The van der Waals surface area contributed by atoms with Gasteiger partial charge in [-0.1, -0.05) is 26.2 Å². The molecule has 114 valence electrons. The zero-order chi connectivity index (χ0) is 14.6. The maximum absolute atomic E-state index is 4.65. The molecule has 0 bridgehead atoms. The number of hydrogen-bond acceptors (Lipinski definition) is 3. The Morgan fingerprint density at radius 3 is 2.65 bits per heavy atom. The summed E-state index contributed by atoms with van der Waals surface area (Å²) in [6.07, 6.45) is 9.88. The molecular formula is C16H30N4. The summed E-state index contributed by atoms with van der Waals surface area (Å²) >= 11 is 0. The predicted octanol–water partition coefficient (Wildman–Crippen LogP) is 3.28. The molecule has 0 aromatic carbocycles. The van der Waals surface area contributed by atoms with Crippen molar-refractivity contribution in [1.82, 2.24) is 14.5 Å². The molecule has 1 aromatic heterocycles. The molecule has 1 heterocycles. The number of anilines is 1. The largest absolute Gasteiger partial charge is 0.354 e. The third kappa shape index (κ3) is 3.35. The van der Waals surface area contributed by atoms with E-state index in [1.807, 2.05) is 0 Å². The summed E-state index contributed by atoms with van der Waals surface area (Å²) in [4.78, 5) is 7.05. The van der Waals surface area contributed by atoms with Crippen molar-refractivity contribution in [3.8, 4) is 0 Å². The Kier molecular flexibility index (Phi) is 5.08. The lowest BCUT2D eigenvalue weighted by Crippen LogP contribution is -2.47. The second-order valence-corrected chi connectivity index (χ2v) is 6.43. The minimum absolute atomic E-state index is 0.315. The van der Waals surface area contributed by atoms with E-state index < -0.39 is 0 Å². The van der Waals surface area contributed by atoms with Crippen molar-refractivity contribution in [3.05, 3.63) is 11.9 Å². The van der Waals surface area contributed by atoms with Crippen LogP contribution in [-0.4, -0.2) is 40.6 Å². The number of likely N-dealkylation sites (N-methyl/N-ethyl adjacent to an activating group) is 1. The highest BCUT2D eigenvalue weighted by Gasteiger charge is 2.35. The summed E-state index contributed by atoms with van der Waals surface area (Å²) < 4.78 is 2.27. The molecule has 0 saturated heterocycles. The van der Waals surface area contributed by atoms with Gasteiger partial charge in [0.15, 0.2) is 0 Å². The minimum atomic E-state index is 0.315. The fourth-order valence-corrected chi connectivity index (χ4v) is 3.25. The van der Waals surface area contributed by atoms with Crippen molar-refractivity contribution in [2.24, 2.45) is 0 Å². The highest BCUT2D eigenvalue weighted by atomic mass is 15.2. The standard InChI is InChI=1S/C16H30N4/c1-5-6-11-20-12-14(2)18-15(20)17-13-16(19(3)4)9-7-8-10-16/h12H,5-11,13H2,1-4H3,(H,17,18). The van der Waals surface area contributed by atoms with Crippen molar-refractivity contribution in [3.63, 3.8) is 0 Å². The van der Waals surface area contributed by atoms with Crippen molar-refractivity contribution < 1.29 is 0 Å². The van der Waals surface area contributed by atoms with Crippen molar-refractivity contribution in [2.45, 2.75) is 64.5 Å². The molecule has 0 radical (unpaired) electrons. The third-order valence-corrected chi connectivity index (χ3v) is 4.71. The Balaban J connectivity index is 2.02. The molecular weight excluding hydrogens is 248 g/mol. The van der Waals surface area contributed by atoms with Gasteiger partial charge in [-0.25, -0.2) is 4.98 Å². The SMILES string of the molecule is CCCCn1cc(C)nc1NCC1(N(C)C)CCCC1. The number of rotatable bonds is 7. The summed E-state index contributed by atoms with van der Waals surface area (Å²) in [6, 6.07) is 0. The Hall–Kier alpha value is -1.03. The minimum Gasteiger partial charge on any atom is -0.354 e. The van der Waals surface area contributed by atoms with Crippen LogP contribution >= 0.6 is 0 Å². The smallest absolute Gasteiger partial charge is 0.203 e. The molecule has 0 atom stereocenters. The Morgan fingerprint density at radius 2 is 2.05 bits per heavy atom. The molecule has 0 unspecified atom stereocenters. The van der Waals surface area contributed by atoms with Crippen LogP contribution in [0.2, 0.25) is 0 Å². The summed E-state index contributed by atoms with van der Waals surface area (Å²) in [5.74, 6) is 1.05. The zero-order valence-corrected chi connectivity index (χ0v) is 13.6. The average molecular weight is 278 g/mol. The van der Waals surface area contributed by atoms with Gasteiger partial charge in [0.05, 0.1) is 5.69 Å². The molecule has 20 heavy (non-hydrogen) atoms. The van der Waals surface area contributed by atoms with E-state index >= 15 is 0 Å². The number of nitrogens with one attached hydrogen (secondary N) is 1. The molecule has 0 amide bonds. The predicted molar refractivity (Wildman–Crippen MR) is 85.2 cm³/mol. The molecule has 1 aliphatic rings. The molecule has 2 rings (SSSR count). The number of aromatic nitrogens is 2. The van der Waals surface area contributed by atoms with Gasteiger partial charge >= 0.3 is 0 Å². The first-order chi connectivity index (χ1) is 9.57. The van der Waals surface area contributed by atoms with Crippen LogP contribution in [0.4, 0.5) is 5.95 Å². The van der Waals surface area contributed by atoms with Gasteiger partial charge < -0.3 is 14.8 Å². The second kappa shape index (κ2) is 6.61. The van der Waals surface area contributed by atoms with E-state index in [1.54, 1.807) is 0 Å². The van der Waals surface area contributed by atoms with Gasteiger partial charge in [0, 0.05) is 24.8 Å². The summed E-state index contributed by atoms with van der Waals surface area (Å²) in [6.45, 7) is 6.37. The number of hydrogen-bond donors (Lipinski definition) is 1. The fraction of sp³-hybridized carbons (Fsp3) is 0.812. The molecule has 4 nitrogen and oxygen atoms in total. The number of nitrogens with zero attached hydrogens (tertiary/aromatic N) is 3. The van der Waals surface area contributed by atoms with E-state index in [0.29, 0.717) is 5.54 Å². The lowest BCUT2D eigenvalue weighted by Gasteiger charge is -2.36. The maximum atomic E-state index is 4.65. The fourth-order valence-electron chi connectivity index (χ4n) is 3.25. The van der Waals surface area contributed by atoms with Gasteiger partial charge in [0.25, 0.3) is 0 Å². The number of aryl methyl sites for hydroxylation is 2. The Morgan fingerprint density at radius 1 is 1.35 bits per heavy atom. The highest BCUT2D eigenvalue weighted by Crippen LogP contribution is 2.33. The van der Waals surface area contributed by atoms with Gasteiger partial charge in [-0.3, -0.25) is 0 Å². The Labute approximate surface area is 123 Å². The van der Waals surface area contributed by atoms with Crippen LogP contribution < -0.4 is 5.32 Å². The normalized spacial score (nSPS) is 17.9. The van der Waals surface area contributed by atoms with Crippen molar-refractivity contribution in [2.75, 3.05) is 26.0 Å². The lowest BCUT2D eigenvalue weighted by atomic mass is 9.96. The van der Waals surface area contributed by atoms with Crippen LogP contribution in [0.15, 0.2) is 6.20 Å². The van der Waals surface area contributed by atoms with E-state index in [9.17, 15) is 0 Å². The molecule has 1 aliphatic carbocycles. The second-order valence-electron chi connectivity index (χ2n) is 6.43. The maximum Gasteiger partial charge on any atom is 0.203 e. The molecule has 1 N–H and O–H groups in total. The van der Waals surface area contributed by atoms with Gasteiger partial charge in [-0.15, -0.1) is 0 Å². The molecule has 4 heteroatoms. The topological polar surface area (TPSA) is 33.1 Å². The van der Waals surface area contributed by atoms with Gasteiger partial charge in [0.1, 0.15) is 0 Å². The first kappa shape index (κ1) is 15.4. The van der Waals surface area contributed by atoms with E-state index in [0.717, 1.165) is 24.7 Å². The van der Waals surface area contributed by atoms with Gasteiger partial charge in [-0.2, -0.15) is 0 Å². The lowest BCUT2D eigenvalue weighted by molar-refractivity contribution is 0.172. The average Bonchev–Trinajstić information content (AvgIpc) is 3.01. The van der Waals surface area contributed by atoms with Crippen LogP contribution in [0.5, 0.6) is 0 Å². The van der Waals surface area contributed by atoms with Crippen LogP contribution in [0.1, 0.15) is 51.1 Å². The molecule has 1 fully saturated rings. The van der Waals surface area contributed by atoms with Crippen LogP contribution in [0.3, 0.4) is 0 Å². The zero-order valence-electron chi connectivity index (χ0n) is 13.6. The third-order valence-electron chi connectivity index (χ3n) is 4.71. The highest BCUT2D eigenvalue weighted by molar-refractivity contribution is 5.30. The summed E-state index contributed by atoms with van der Waals surface area (Å²) in [5.41, 5.74) is 1.42. The molecule has 1 saturated carbocycles. The quantitative estimate of drug-likeness (QED) is 0.831. The summed E-state index contributed by atoms with van der Waals surface area (Å²) in [7, 11) is 4.42. The molecule has 0 spiro atoms. The van der Waals surface area contributed by atoms with Gasteiger partial charge in [-0.05, 0) is 40.3 Å². The van der Waals surface area contributed by atoms with Crippen LogP contribution in [-0.2, 0) is 6.54 Å². The monoisotopic (exact) mass is 278 g/mol. The van der Waals surface area contributed by atoms with E-state index in [2.05, 4.69) is 53.9 Å². The molecule has 1 aromatic rings. The van der Waals surface area contributed by atoms with E-state index in [4.69, 9.17) is 0 Å². The summed E-state index contributed by atoms with van der Waals surface area (Å²) in [5, 5.41) is 3.62. The molecule has 0 aliphatic heterocycles. The van der Waals surface area contributed by atoms with Crippen molar-refractivity contribution >= 4 is 5.95 Å². The van der Waals surface area contributed by atoms with Gasteiger partial charge in [0.2, 0.25) is 5.95 Å². The van der Waals surface area contributed by atoms with E-state index in [-0.39, 0.29) is 0 Å². The first-order valence-electron chi connectivity index (χ1n) is 8.02. The Bertz CT molecular complexity index is 416. The van der Waals surface area contributed by atoms with Crippen molar-refractivity contribution in [1.29, 1.82) is 0 Å². The number of imidazole rings is 1. The number of unbranched alkanes of at least 4 members (excludes halogenated alkanes) is 1. The van der Waals surface area contributed by atoms with E-state index in [1.165, 1.54) is 38.5 Å². The van der Waals surface area contributed by atoms with Crippen LogP contribution in [0, 0.1) is 6.92 Å².